The lowest BCUT2D eigenvalue weighted by Gasteiger charge is -2.33. The molecule has 202 valence electrons. The van der Waals surface area contributed by atoms with Crippen molar-refractivity contribution in [2.45, 2.75) is 58.8 Å². The molecule has 9 heteroatoms. The molecule has 1 N–H and O–H groups in total. The highest BCUT2D eigenvalue weighted by Crippen LogP contribution is 2.33. The second kappa shape index (κ2) is 10.9. The zero-order chi connectivity index (χ0) is 27.6. The largest absolute Gasteiger partial charge is 0.497 e. The minimum atomic E-state index is -0.573. The van der Waals surface area contributed by atoms with Gasteiger partial charge in [0.2, 0.25) is 0 Å². The number of H-pyrrole nitrogens is 1. The average Bonchev–Trinajstić information content (AvgIpc) is 3.62. The van der Waals surface area contributed by atoms with Gasteiger partial charge in [-0.15, -0.1) is 5.10 Å². The lowest BCUT2D eigenvalue weighted by molar-refractivity contribution is 0.168. The van der Waals surface area contributed by atoms with Crippen LogP contribution in [-0.2, 0) is 18.6 Å². The molecule has 0 aliphatic rings. The Balaban J connectivity index is 1.73. The van der Waals surface area contributed by atoms with E-state index < -0.39 is 6.04 Å². The second-order valence-corrected chi connectivity index (χ2v) is 10.5. The third-order valence-corrected chi connectivity index (χ3v) is 7.33. The molecule has 0 saturated heterocycles. The molecule has 0 radical (unpaired) electrons. The van der Waals surface area contributed by atoms with Gasteiger partial charge in [0.1, 0.15) is 17.6 Å². The third kappa shape index (κ3) is 5.49. The molecule has 5 aromatic rings. The van der Waals surface area contributed by atoms with E-state index in [0.717, 1.165) is 40.0 Å². The van der Waals surface area contributed by atoms with Gasteiger partial charge in [-0.25, -0.2) is 4.68 Å². The van der Waals surface area contributed by atoms with Crippen LogP contribution in [0, 0.1) is 6.92 Å². The van der Waals surface area contributed by atoms with Gasteiger partial charge >= 0.3 is 0 Å². The molecule has 1 atom stereocenters. The van der Waals surface area contributed by atoms with E-state index in [0.29, 0.717) is 24.5 Å². The number of fused-ring (bicyclic) bond motifs is 1. The summed E-state index contributed by atoms with van der Waals surface area (Å²) in [6.07, 6.45) is 2.46. The molecular formula is C30H34N6O3. The first-order valence-corrected chi connectivity index (χ1v) is 13.1. The number of methoxy groups -OCH3 is 1. The van der Waals surface area contributed by atoms with Crippen LogP contribution in [0.2, 0.25) is 0 Å². The molecule has 0 unspecified atom stereocenters. The molecule has 0 aliphatic carbocycles. The van der Waals surface area contributed by atoms with Crippen LogP contribution in [0.5, 0.6) is 5.75 Å². The van der Waals surface area contributed by atoms with Crippen molar-refractivity contribution in [2.75, 3.05) is 7.11 Å². The number of furan rings is 1. The SMILES string of the molecule is CCC(C)(C)n1nnnc1[C@H](c1cc2ccc(C)cc2[nH]c1=O)N(Cc1cccc(OC)c1)Cc1ccco1. The summed E-state index contributed by atoms with van der Waals surface area (Å²) in [4.78, 5) is 19.0. The molecule has 39 heavy (non-hydrogen) atoms. The van der Waals surface area contributed by atoms with Crippen LogP contribution in [0.3, 0.4) is 0 Å². The maximum atomic E-state index is 13.8. The van der Waals surface area contributed by atoms with Gasteiger partial charge in [0.05, 0.1) is 25.5 Å². The third-order valence-electron chi connectivity index (χ3n) is 7.33. The minimum Gasteiger partial charge on any atom is -0.497 e. The number of benzene rings is 2. The van der Waals surface area contributed by atoms with Gasteiger partial charge in [-0.2, -0.15) is 0 Å². The number of pyridine rings is 1. The number of nitrogens with zero attached hydrogens (tertiary/aromatic N) is 5. The van der Waals surface area contributed by atoms with E-state index in [1.54, 1.807) is 13.4 Å². The fraction of sp³-hybridized carbons (Fsp3) is 0.333. The van der Waals surface area contributed by atoms with E-state index in [9.17, 15) is 4.79 Å². The first-order valence-electron chi connectivity index (χ1n) is 13.1. The van der Waals surface area contributed by atoms with Gasteiger partial charge in [0.25, 0.3) is 5.56 Å². The van der Waals surface area contributed by atoms with E-state index in [1.807, 2.05) is 72.3 Å². The topological polar surface area (TPSA) is 102 Å². The quantitative estimate of drug-likeness (QED) is 0.261. The molecule has 0 fully saturated rings. The Hall–Kier alpha value is -4.24. The van der Waals surface area contributed by atoms with E-state index in [2.05, 4.69) is 46.2 Å². The van der Waals surface area contributed by atoms with Crippen LogP contribution in [0.1, 0.15) is 61.5 Å². The van der Waals surface area contributed by atoms with E-state index >= 15 is 0 Å². The first-order chi connectivity index (χ1) is 18.8. The standard InChI is InChI=1S/C30H34N6O3/c1-6-30(3,4)36-28(32-33-34-36)27(25-17-22-13-12-20(2)15-26(22)31-29(25)37)35(19-24-11-8-14-39-24)18-21-9-7-10-23(16-21)38-5/h7-17,27H,6,18-19H2,1-5H3,(H,31,37)/t27-/m0/s1. The van der Waals surface area contributed by atoms with Crippen molar-refractivity contribution in [3.63, 3.8) is 0 Å². The fourth-order valence-electron chi connectivity index (χ4n) is 4.83. The molecule has 2 aromatic carbocycles. The van der Waals surface area contributed by atoms with E-state index in [1.165, 1.54) is 0 Å². The number of aromatic nitrogens is 5. The van der Waals surface area contributed by atoms with Crippen molar-refractivity contribution >= 4 is 10.9 Å². The summed E-state index contributed by atoms with van der Waals surface area (Å²) in [5.41, 5.74) is 2.90. The molecule has 9 nitrogen and oxygen atoms in total. The van der Waals surface area contributed by atoms with Crippen LogP contribution in [-0.4, -0.2) is 37.2 Å². The lowest BCUT2D eigenvalue weighted by Crippen LogP contribution is -2.38. The molecule has 0 amide bonds. The first kappa shape index (κ1) is 26.4. The van der Waals surface area contributed by atoms with E-state index in [-0.39, 0.29) is 11.1 Å². The Morgan fingerprint density at radius 3 is 2.69 bits per heavy atom. The summed E-state index contributed by atoms with van der Waals surface area (Å²) in [7, 11) is 1.65. The van der Waals surface area contributed by atoms with Crippen molar-refractivity contribution in [3.8, 4) is 5.75 Å². The van der Waals surface area contributed by atoms with Crippen LogP contribution in [0.25, 0.3) is 10.9 Å². The van der Waals surface area contributed by atoms with Gasteiger partial charge in [0, 0.05) is 17.6 Å². The summed E-state index contributed by atoms with van der Waals surface area (Å²) in [6.45, 7) is 9.22. The highest BCUT2D eigenvalue weighted by Gasteiger charge is 2.35. The van der Waals surface area contributed by atoms with Gasteiger partial charge in [0.15, 0.2) is 5.82 Å². The van der Waals surface area contributed by atoms with Crippen molar-refractivity contribution in [1.82, 2.24) is 30.1 Å². The van der Waals surface area contributed by atoms with Crippen molar-refractivity contribution in [2.24, 2.45) is 0 Å². The van der Waals surface area contributed by atoms with Gasteiger partial charge in [-0.3, -0.25) is 9.69 Å². The Bertz CT molecular complexity index is 1620. The molecule has 0 aliphatic heterocycles. The van der Waals surface area contributed by atoms with Crippen molar-refractivity contribution in [1.29, 1.82) is 0 Å². The van der Waals surface area contributed by atoms with Crippen LogP contribution < -0.4 is 10.3 Å². The highest BCUT2D eigenvalue weighted by molar-refractivity contribution is 5.79. The van der Waals surface area contributed by atoms with Gasteiger partial charge in [-0.1, -0.05) is 31.2 Å². The highest BCUT2D eigenvalue weighted by atomic mass is 16.5. The number of aromatic amines is 1. The molecular weight excluding hydrogens is 492 g/mol. The number of ether oxygens (including phenoxy) is 1. The number of hydrogen-bond acceptors (Lipinski definition) is 7. The van der Waals surface area contributed by atoms with Crippen LogP contribution >= 0.6 is 0 Å². The fourth-order valence-corrected chi connectivity index (χ4v) is 4.83. The summed E-state index contributed by atoms with van der Waals surface area (Å²) in [6, 6.07) is 19.1. The Kier molecular flexibility index (Phi) is 7.34. The Morgan fingerprint density at radius 2 is 1.95 bits per heavy atom. The number of tetrazole rings is 1. The normalized spacial score (nSPS) is 12.8. The maximum absolute atomic E-state index is 13.8. The summed E-state index contributed by atoms with van der Waals surface area (Å²) >= 11 is 0. The second-order valence-electron chi connectivity index (χ2n) is 10.5. The average molecular weight is 527 g/mol. The molecule has 5 rings (SSSR count). The van der Waals surface area contributed by atoms with Crippen LogP contribution in [0.15, 0.2) is 76.1 Å². The Labute approximate surface area is 227 Å². The van der Waals surface area contributed by atoms with E-state index in [4.69, 9.17) is 9.15 Å². The minimum absolute atomic E-state index is 0.183. The predicted octanol–water partition coefficient (Wildman–Crippen LogP) is 5.36. The molecule has 3 heterocycles. The number of nitrogens with one attached hydrogen (secondary N) is 1. The summed E-state index contributed by atoms with van der Waals surface area (Å²) < 4.78 is 13.1. The smallest absolute Gasteiger partial charge is 0.253 e. The molecule has 0 bridgehead atoms. The van der Waals surface area contributed by atoms with Crippen LogP contribution in [0.4, 0.5) is 0 Å². The molecule has 3 aromatic heterocycles. The predicted molar refractivity (Wildman–Crippen MR) is 150 cm³/mol. The van der Waals surface area contributed by atoms with Gasteiger partial charge in [-0.05, 0) is 90.5 Å². The van der Waals surface area contributed by atoms with Crippen molar-refractivity contribution in [3.05, 3.63) is 106 Å². The molecule has 0 saturated carbocycles. The van der Waals surface area contributed by atoms with Gasteiger partial charge < -0.3 is 14.1 Å². The Morgan fingerprint density at radius 1 is 1.10 bits per heavy atom. The zero-order valence-corrected chi connectivity index (χ0v) is 23.0. The van der Waals surface area contributed by atoms with Crippen molar-refractivity contribution < 1.29 is 9.15 Å². The number of aryl methyl sites for hydroxylation is 1. The monoisotopic (exact) mass is 526 g/mol. The maximum Gasteiger partial charge on any atom is 0.253 e. The lowest BCUT2D eigenvalue weighted by atomic mass is 9.98. The number of rotatable bonds is 10. The summed E-state index contributed by atoms with van der Waals surface area (Å²) in [5.74, 6) is 2.12. The zero-order valence-electron chi connectivity index (χ0n) is 23.0. The molecule has 0 spiro atoms. The summed E-state index contributed by atoms with van der Waals surface area (Å²) in [5, 5.41) is 13.9. The number of hydrogen-bond donors (Lipinski definition) is 1.